The number of hydrogen-bond acceptors (Lipinski definition) is 9. The van der Waals surface area contributed by atoms with E-state index in [2.05, 4.69) is 36.0 Å². The molecule has 15 heteroatoms. The van der Waals surface area contributed by atoms with Crippen molar-refractivity contribution in [2.75, 3.05) is 26.2 Å². The molecule has 6 heterocycles. The number of carbonyl (C=O) groups excluding carboxylic acids is 1. The van der Waals surface area contributed by atoms with Crippen LogP contribution in [0.15, 0.2) is 43.1 Å². The molecular weight excluding hydrogens is 591 g/mol. The monoisotopic (exact) mass is 621 g/mol. The van der Waals surface area contributed by atoms with Gasteiger partial charge in [-0.2, -0.15) is 23.5 Å². The van der Waals surface area contributed by atoms with E-state index in [9.17, 15) is 28.3 Å². The molecule has 0 atom stereocenters. The van der Waals surface area contributed by atoms with E-state index in [1.165, 1.54) is 17.3 Å². The van der Waals surface area contributed by atoms with Crippen LogP contribution in [-0.2, 0) is 11.7 Å². The molecule has 12 nitrogen and oxygen atoms in total. The van der Waals surface area contributed by atoms with Gasteiger partial charge in [-0.15, -0.1) is 0 Å². The number of nitrogens with zero attached hydrogens (tertiary/aromatic N) is 8. The van der Waals surface area contributed by atoms with Crippen LogP contribution in [-0.4, -0.2) is 95.0 Å². The number of β-amino-alcohol motifs (C(OH)–C–C–N with tert-alkyl or cyclic N) is 1. The molecule has 1 saturated carbocycles. The van der Waals surface area contributed by atoms with Crippen molar-refractivity contribution in [3.05, 3.63) is 54.4 Å². The van der Waals surface area contributed by atoms with Crippen molar-refractivity contribution < 1.29 is 27.8 Å². The molecule has 4 aromatic heterocycles. The minimum atomic E-state index is -4.74. The van der Waals surface area contributed by atoms with Gasteiger partial charge in [0.25, 0.3) is 5.91 Å². The quantitative estimate of drug-likeness (QED) is 0.317. The number of nitriles is 1. The highest BCUT2D eigenvalue weighted by molar-refractivity contribution is 5.95. The number of likely N-dealkylation sites (tertiary alicyclic amines) is 2. The van der Waals surface area contributed by atoms with Gasteiger partial charge < -0.3 is 19.7 Å². The third kappa shape index (κ3) is 5.48. The van der Waals surface area contributed by atoms with E-state index in [-0.39, 0.29) is 36.7 Å². The van der Waals surface area contributed by atoms with Gasteiger partial charge >= 0.3 is 6.18 Å². The highest BCUT2D eigenvalue weighted by Crippen LogP contribution is 2.39. The Morgan fingerprint density at radius 1 is 1.18 bits per heavy atom. The van der Waals surface area contributed by atoms with Gasteiger partial charge in [-0.05, 0) is 37.8 Å². The lowest BCUT2D eigenvalue weighted by Crippen LogP contribution is -2.65. The van der Waals surface area contributed by atoms with Crippen LogP contribution < -0.4 is 4.74 Å². The number of halogens is 3. The smallest absolute Gasteiger partial charge is 0.433 e. The van der Waals surface area contributed by atoms with Gasteiger partial charge in [-0.3, -0.25) is 14.4 Å². The summed E-state index contributed by atoms with van der Waals surface area (Å²) in [5.41, 5.74) is 0.514. The number of hydrogen-bond donors (Lipinski definition) is 2. The van der Waals surface area contributed by atoms with Crippen LogP contribution in [0.5, 0.6) is 5.88 Å². The van der Waals surface area contributed by atoms with Gasteiger partial charge in [-0.1, -0.05) is 0 Å². The molecule has 0 spiro atoms. The van der Waals surface area contributed by atoms with Crippen molar-refractivity contribution in [1.82, 2.24) is 39.5 Å². The maximum Gasteiger partial charge on any atom is 0.433 e. The molecule has 0 radical (unpaired) electrons. The first kappa shape index (κ1) is 29.2. The molecule has 3 aliphatic rings. The van der Waals surface area contributed by atoms with Gasteiger partial charge in [0.15, 0.2) is 0 Å². The zero-order valence-electron chi connectivity index (χ0n) is 24.1. The second-order valence-corrected chi connectivity index (χ2v) is 12.1. The van der Waals surface area contributed by atoms with Crippen LogP contribution in [0, 0.1) is 11.3 Å². The summed E-state index contributed by atoms with van der Waals surface area (Å²) in [6, 6.07) is 6.45. The SMILES string of the molecule is N#CCC1(n2cc(-c3ncnc4[nH]ccc34)cn2)CN([C@H]2CC[C@@H](Oc3cc(C(=O)N4CC(O)C4)cc(C(F)(F)F)n3)CC2)C1. The molecule has 1 amide bonds. The zero-order valence-corrected chi connectivity index (χ0v) is 24.1. The van der Waals surface area contributed by atoms with Gasteiger partial charge in [0.2, 0.25) is 5.88 Å². The summed E-state index contributed by atoms with van der Waals surface area (Å²) in [7, 11) is 0. The number of fused-ring (bicyclic) bond motifs is 1. The number of H-pyrrole nitrogens is 1. The fourth-order valence-electron chi connectivity index (χ4n) is 6.60. The van der Waals surface area contributed by atoms with Crippen molar-refractivity contribution in [1.29, 1.82) is 5.26 Å². The Hall–Kier alpha value is -4.55. The lowest BCUT2D eigenvalue weighted by atomic mass is 9.82. The van der Waals surface area contributed by atoms with Gasteiger partial charge in [-0.25, -0.2) is 15.0 Å². The van der Waals surface area contributed by atoms with Gasteiger partial charge in [0.05, 0.1) is 30.5 Å². The number of alkyl halides is 3. The number of ether oxygens (including phenoxy) is 1. The Bertz CT molecular complexity index is 1760. The Balaban J connectivity index is 0.993. The molecule has 1 aliphatic carbocycles. The number of aromatic nitrogens is 6. The summed E-state index contributed by atoms with van der Waals surface area (Å²) in [6.07, 6.45) is 4.29. The van der Waals surface area contributed by atoms with Crippen LogP contribution in [0.25, 0.3) is 22.3 Å². The number of carbonyl (C=O) groups is 1. The second-order valence-electron chi connectivity index (χ2n) is 12.1. The first-order chi connectivity index (χ1) is 21.6. The Kier molecular flexibility index (Phi) is 7.20. The van der Waals surface area contributed by atoms with Gasteiger partial charge in [0.1, 0.15) is 29.3 Å². The lowest BCUT2D eigenvalue weighted by molar-refractivity contribution is -0.141. The lowest BCUT2D eigenvalue weighted by Gasteiger charge is -2.53. The Morgan fingerprint density at radius 3 is 2.67 bits per heavy atom. The van der Waals surface area contributed by atoms with Crippen molar-refractivity contribution >= 4 is 16.9 Å². The molecule has 2 saturated heterocycles. The van der Waals surface area contributed by atoms with Crippen LogP contribution >= 0.6 is 0 Å². The molecule has 2 aliphatic heterocycles. The summed E-state index contributed by atoms with van der Waals surface area (Å²) in [5, 5.41) is 24.7. The summed E-state index contributed by atoms with van der Waals surface area (Å²) in [5.74, 6) is -0.829. The molecule has 0 unspecified atom stereocenters. The summed E-state index contributed by atoms with van der Waals surface area (Å²) >= 11 is 0. The first-order valence-corrected chi connectivity index (χ1v) is 14.8. The molecule has 3 fully saturated rings. The molecule has 4 aromatic rings. The zero-order chi connectivity index (χ0) is 31.3. The van der Waals surface area contributed by atoms with Crippen LogP contribution in [0.3, 0.4) is 0 Å². The normalized spacial score (nSPS) is 22.1. The van der Waals surface area contributed by atoms with Crippen LogP contribution in [0.2, 0.25) is 0 Å². The average molecular weight is 622 g/mol. The summed E-state index contributed by atoms with van der Waals surface area (Å²) < 4.78 is 48.6. The van der Waals surface area contributed by atoms with E-state index >= 15 is 0 Å². The van der Waals surface area contributed by atoms with E-state index in [0.717, 1.165) is 41.2 Å². The molecule has 2 N–H and O–H groups in total. The first-order valence-electron chi connectivity index (χ1n) is 14.8. The third-order valence-electron chi connectivity index (χ3n) is 9.04. The van der Waals surface area contributed by atoms with Crippen molar-refractivity contribution in [2.45, 2.75) is 62.1 Å². The van der Waals surface area contributed by atoms with Crippen molar-refractivity contribution in [2.24, 2.45) is 0 Å². The number of amides is 1. The molecule has 0 bridgehead atoms. The van der Waals surface area contributed by atoms with Crippen LogP contribution in [0.1, 0.15) is 48.2 Å². The standard InChI is InChI=1S/C30H30F3N9O3/c31-30(32,33)24-9-18(28(44)40-13-21(43)14-40)10-25(39-24)45-22-3-1-20(2-4-22)41-15-29(16-41,6-7-34)42-12-19(11-38-42)26-23-5-8-35-27(23)37-17-36-26/h5,8-12,17,20-22,43H,1-4,6,13-16H2,(H,35,36,37)/t20-,22+. The van der Waals surface area contributed by atoms with Gasteiger partial charge in [0, 0.05) is 67.2 Å². The highest BCUT2D eigenvalue weighted by Gasteiger charge is 2.48. The number of pyridine rings is 1. The fourth-order valence-corrected chi connectivity index (χ4v) is 6.60. The minimum Gasteiger partial charge on any atom is -0.474 e. The fraction of sp³-hybridized carbons (Fsp3) is 0.467. The van der Waals surface area contributed by atoms with Crippen LogP contribution in [0.4, 0.5) is 13.2 Å². The molecule has 45 heavy (non-hydrogen) atoms. The van der Waals surface area contributed by atoms with Crippen molar-refractivity contribution in [3.63, 3.8) is 0 Å². The summed E-state index contributed by atoms with van der Waals surface area (Å²) in [6.45, 7) is 1.45. The summed E-state index contributed by atoms with van der Waals surface area (Å²) in [4.78, 5) is 31.7. The number of nitrogens with one attached hydrogen (secondary N) is 1. The second kappa shape index (κ2) is 11.1. The number of rotatable bonds is 7. The molecule has 7 rings (SSSR count). The molecule has 234 valence electrons. The van der Waals surface area contributed by atoms with E-state index in [1.807, 2.05) is 23.1 Å². The predicted octanol–water partition coefficient (Wildman–Crippen LogP) is 3.37. The Labute approximate surface area is 255 Å². The third-order valence-corrected chi connectivity index (χ3v) is 9.04. The average Bonchev–Trinajstić information content (AvgIpc) is 3.67. The highest BCUT2D eigenvalue weighted by atomic mass is 19.4. The van der Waals surface area contributed by atoms with E-state index in [4.69, 9.17) is 4.74 Å². The minimum absolute atomic E-state index is 0.0788. The van der Waals surface area contributed by atoms with E-state index in [1.54, 1.807) is 6.20 Å². The maximum atomic E-state index is 13.6. The largest absolute Gasteiger partial charge is 0.474 e. The van der Waals surface area contributed by atoms with E-state index < -0.39 is 29.4 Å². The van der Waals surface area contributed by atoms with Crippen molar-refractivity contribution in [3.8, 4) is 23.2 Å². The maximum absolute atomic E-state index is 13.6. The molecule has 0 aromatic carbocycles. The predicted molar refractivity (Wildman–Crippen MR) is 153 cm³/mol. The number of aliphatic hydroxyl groups is 1. The Morgan fingerprint density at radius 2 is 1.96 bits per heavy atom. The molecular formula is C30H30F3N9O3. The topological polar surface area (TPSA) is 149 Å². The number of aromatic amines is 1. The van der Waals surface area contributed by atoms with E-state index in [0.29, 0.717) is 32.4 Å². The number of aliphatic hydroxyl groups excluding tert-OH is 1.